The monoisotopic (exact) mass is 541 g/mol. The van der Waals surface area contributed by atoms with E-state index >= 15 is 0 Å². The number of nitrogens with zero attached hydrogens (tertiary/aromatic N) is 3. The summed E-state index contributed by atoms with van der Waals surface area (Å²) in [6.45, 7) is 2.20. The number of amides is 2. The van der Waals surface area contributed by atoms with Gasteiger partial charge in [0.2, 0.25) is 11.8 Å². The van der Waals surface area contributed by atoms with Crippen molar-refractivity contribution in [3.63, 3.8) is 0 Å². The molecule has 0 spiro atoms. The number of likely N-dealkylation sites (tertiary alicyclic amines) is 1. The summed E-state index contributed by atoms with van der Waals surface area (Å²) in [5, 5.41) is 19.4. The Balaban J connectivity index is 1.36. The van der Waals surface area contributed by atoms with Gasteiger partial charge in [0, 0.05) is 36.2 Å². The third-order valence-corrected chi connectivity index (χ3v) is 7.63. The first-order chi connectivity index (χ1) is 18.0. The quantitative estimate of drug-likeness (QED) is 0.481. The maximum atomic E-state index is 14.3. The number of methoxy groups -OCH3 is 1. The van der Waals surface area contributed by atoms with Gasteiger partial charge in [-0.2, -0.15) is 18.3 Å². The number of aromatic amines is 1. The molecule has 2 atom stereocenters. The average Bonchev–Trinajstić information content (AvgIpc) is 3.39. The Morgan fingerprint density at radius 1 is 1.26 bits per heavy atom. The summed E-state index contributed by atoms with van der Waals surface area (Å²) in [6.07, 6.45) is -3.11. The van der Waals surface area contributed by atoms with E-state index in [2.05, 4.69) is 20.5 Å². The molecule has 2 aliphatic rings. The highest BCUT2D eigenvalue weighted by Crippen LogP contribution is 2.41. The van der Waals surface area contributed by atoms with Crippen molar-refractivity contribution in [1.82, 2.24) is 25.4 Å². The molecule has 3 N–H and O–H groups in total. The van der Waals surface area contributed by atoms with Crippen LogP contribution in [0.25, 0.3) is 11.3 Å². The minimum absolute atomic E-state index is 0.0434. The Hall–Kier alpha value is -3.22. The van der Waals surface area contributed by atoms with E-state index in [9.17, 15) is 32.3 Å². The first-order valence-corrected chi connectivity index (χ1v) is 12.6. The number of pyridine rings is 1. The number of hydrogen-bond acceptors (Lipinski definition) is 6. The maximum absolute atomic E-state index is 14.3. The van der Waals surface area contributed by atoms with Crippen molar-refractivity contribution in [3.8, 4) is 17.1 Å². The van der Waals surface area contributed by atoms with E-state index in [4.69, 9.17) is 4.74 Å². The van der Waals surface area contributed by atoms with E-state index in [-0.39, 0.29) is 53.8 Å². The highest BCUT2D eigenvalue weighted by atomic mass is 19.4. The van der Waals surface area contributed by atoms with Gasteiger partial charge in [-0.05, 0) is 51.0 Å². The second-order valence-corrected chi connectivity index (χ2v) is 9.97. The van der Waals surface area contributed by atoms with E-state index < -0.39 is 36.5 Å². The topological polar surface area (TPSA) is 120 Å². The van der Waals surface area contributed by atoms with Gasteiger partial charge in [0.15, 0.2) is 17.1 Å². The Morgan fingerprint density at radius 3 is 2.61 bits per heavy atom. The zero-order valence-corrected chi connectivity index (χ0v) is 21.1. The van der Waals surface area contributed by atoms with E-state index in [0.29, 0.717) is 31.5 Å². The molecule has 0 bridgehead atoms. The number of alkyl halides is 3. The van der Waals surface area contributed by atoms with Crippen molar-refractivity contribution in [1.29, 1.82) is 0 Å². The molecule has 1 saturated carbocycles. The second kappa shape index (κ2) is 10.9. The molecule has 38 heavy (non-hydrogen) atoms. The highest BCUT2D eigenvalue weighted by molar-refractivity contribution is 5.94. The number of hydrogen-bond donors (Lipinski definition) is 3. The van der Waals surface area contributed by atoms with E-state index in [1.807, 2.05) is 6.92 Å². The summed E-state index contributed by atoms with van der Waals surface area (Å²) in [5.74, 6) is -1.38. The molecule has 2 aromatic rings. The number of aliphatic hydroxyl groups is 1. The summed E-state index contributed by atoms with van der Waals surface area (Å²) in [7, 11) is 1.41. The van der Waals surface area contributed by atoms with Crippen LogP contribution in [0.4, 0.5) is 17.6 Å². The van der Waals surface area contributed by atoms with Gasteiger partial charge in [-0.15, -0.1) is 0 Å². The molecule has 0 unspecified atom stereocenters. The van der Waals surface area contributed by atoms with Gasteiger partial charge in [0.25, 0.3) is 5.91 Å². The zero-order valence-electron chi connectivity index (χ0n) is 21.1. The summed E-state index contributed by atoms with van der Waals surface area (Å²) >= 11 is 0. The Labute approximate surface area is 217 Å². The number of rotatable bonds is 6. The van der Waals surface area contributed by atoms with Gasteiger partial charge in [-0.25, -0.2) is 9.37 Å². The van der Waals surface area contributed by atoms with Gasteiger partial charge in [-0.1, -0.05) is 6.92 Å². The predicted molar refractivity (Wildman–Crippen MR) is 128 cm³/mol. The summed E-state index contributed by atoms with van der Waals surface area (Å²) in [4.78, 5) is 31.6. The fourth-order valence-electron chi connectivity index (χ4n) is 5.24. The first-order valence-electron chi connectivity index (χ1n) is 12.6. The molecule has 0 radical (unpaired) electrons. The fourth-order valence-corrected chi connectivity index (χ4v) is 5.24. The van der Waals surface area contributed by atoms with Crippen molar-refractivity contribution in [2.24, 2.45) is 5.92 Å². The van der Waals surface area contributed by atoms with Crippen molar-refractivity contribution in [2.45, 2.75) is 75.7 Å². The van der Waals surface area contributed by atoms with Gasteiger partial charge < -0.3 is 20.1 Å². The van der Waals surface area contributed by atoms with Crippen molar-refractivity contribution < 1.29 is 37.0 Å². The van der Waals surface area contributed by atoms with Crippen molar-refractivity contribution in [3.05, 3.63) is 29.8 Å². The number of carbonyl (C=O) groups excluding carboxylic acids is 2. The Kier molecular flexibility index (Phi) is 7.96. The minimum Gasteiger partial charge on any atom is -0.481 e. The van der Waals surface area contributed by atoms with E-state index in [1.165, 1.54) is 19.2 Å². The normalized spacial score (nSPS) is 26.2. The lowest BCUT2D eigenvalue weighted by Gasteiger charge is -2.40. The average molecular weight is 542 g/mol. The number of nitrogens with one attached hydrogen (secondary N) is 2. The van der Waals surface area contributed by atoms with Crippen molar-refractivity contribution >= 4 is 11.8 Å². The minimum atomic E-state index is -4.69. The van der Waals surface area contributed by atoms with Crippen LogP contribution in [0.2, 0.25) is 0 Å². The fraction of sp³-hybridized carbons (Fsp3) is 0.600. The molecule has 2 fully saturated rings. The smallest absolute Gasteiger partial charge is 0.417 e. The SMILES string of the molecule is CC[C@H]1C[C@@H](C(=O)NC2CCC(O)(C(F)(F)F)CC2)CCN1C(=O)c1cc(-c2cc(OC)ncc2F)[nH]n1. The van der Waals surface area contributed by atoms with Crippen LogP contribution in [0.15, 0.2) is 18.3 Å². The first kappa shape index (κ1) is 27.8. The molecule has 3 heterocycles. The highest BCUT2D eigenvalue weighted by Gasteiger charge is 2.54. The molecule has 2 amide bonds. The Morgan fingerprint density at radius 2 is 1.97 bits per heavy atom. The molecule has 2 aromatic heterocycles. The second-order valence-electron chi connectivity index (χ2n) is 9.97. The van der Waals surface area contributed by atoms with Crippen LogP contribution in [-0.2, 0) is 4.79 Å². The van der Waals surface area contributed by atoms with Gasteiger partial charge in [-0.3, -0.25) is 14.7 Å². The lowest BCUT2D eigenvalue weighted by Crippen LogP contribution is -2.53. The van der Waals surface area contributed by atoms with E-state index in [0.717, 1.165) is 6.20 Å². The van der Waals surface area contributed by atoms with Crippen LogP contribution in [-0.4, -0.2) is 74.5 Å². The van der Waals surface area contributed by atoms with Gasteiger partial charge >= 0.3 is 6.18 Å². The summed E-state index contributed by atoms with van der Waals surface area (Å²) < 4.78 is 58.5. The van der Waals surface area contributed by atoms with Gasteiger partial charge in [0.1, 0.15) is 0 Å². The van der Waals surface area contributed by atoms with Crippen LogP contribution in [0.5, 0.6) is 5.88 Å². The number of carbonyl (C=O) groups is 2. The molecule has 4 rings (SSSR count). The summed E-state index contributed by atoms with van der Waals surface area (Å²) in [6, 6.07) is 2.18. The molecule has 1 aliphatic heterocycles. The molecule has 1 aliphatic carbocycles. The van der Waals surface area contributed by atoms with Crippen LogP contribution in [0.1, 0.15) is 62.4 Å². The third-order valence-electron chi connectivity index (χ3n) is 7.63. The third kappa shape index (κ3) is 5.62. The molecular weight excluding hydrogens is 510 g/mol. The number of H-pyrrole nitrogens is 1. The largest absolute Gasteiger partial charge is 0.481 e. The van der Waals surface area contributed by atoms with Gasteiger partial charge in [0.05, 0.1) is 19.0 Å². The molecule has 13 heteroatoms. The number of piperidine rings is 1. The predicted octanol–water partition coefficient (Wildman–Crippen LogP) is 3.60. The van der Waals surface area contributed by atoms with Crippen LogP contribution in [0.3, 0.4) is 0 Å². The maximum Gasteiger partial charge on any atom is 0.417 e. The molecule has 208 valence electrons. The molecule has 0 aromatic carbocycles. The standard InChI is InChI=1S/C25H31F4N5O4/c1-3-16-10-14(22(35)31-15-4-7-24(37,8-5-15)25(27,28)29)6-9-34(16)23(36)20-12-19(32-33-20)17-11-21(38-2)30-13-18(17)26/h11-16,37H,3-10H2,1-2H3,(H,31,35)(H,32,33)/t14-,15?,16-,24?/m0/s1. The lowest BCUT2D eigenvalue weighted by atomic mass is 9.81. The van der Waals surface area contributed by atoms with E-state index in [1.54, 1.807) is 4.90 Å². The number of aromatic nitrogens is 3. The lowest BCUT2D eigenvalue weighted by molar-refractivity contribution is -0.270. The van der Waals surface area contributed by atoms with Crippen molar-refractivity contribution in [2.75, 3.05) is 13.7 Å². The Bertz CT molecular complexity index is 1160. The summed E-state index contributed by atoms with van der Waals surface area (Å²) in [5.41, 5.74) is -2.15. The zero-order chi connectivity index (χ0) is 27.7. The molecular formula is C25H31F4N5O4. The molecule has 1 saturated heterocycles. The number of halogens is 4. The van der Waals surface area contributed by atoms with Crippen LogP contribution >= 0.6 is 0 Å². The van der Waals surface area contributed by atoms with Crippen LogP contribution in [0, 0.1) is 11.7 Å². The molecule has 9 nitrogen and oxygen atoms in total. The van der Waals surface area contributed by atoms with Crippen LogP contribution < -0.4 is 10.1 Å². The number of ether oxygens (including phenoxy) is 1.